The number of piperidine rings is 1. The highest BCUT2D eigenvalue weighted by molar-refractivity contribution is 5.86. The molecule has 0 radical (unpaired) electrons. The fourth-order valence-corrected chi connectivity index (χ4v) is 5.21. The first kappa shape index (κ1) is 26.2. The van der Waals surface area contributed by atoms with Crippen LogP contribution in [0.1, 0.15) is 38.2 Å². The maximum absolute atomic E-state index is 13.3. The number of aliphatic hydroxyl groups is 1. The van der Waals surface area contributed by atoms with Crippen molar-refractivity contribution in [1.29, 1.82) is 0 Å². The Hall–Kier alpha value is -2.85. The number of amides is 2. The van der Waals surface area contributed by atoms with E-state index in [2.05, 4.69) is 9.64 Å². The third-order valence-corrected chi connectivity index (χ3v) is 7.87. The number of aliphatic hydroxyl groups excluding tert-OH is 1. The Kier molecular flexibility index (Phi) is 8.35. The summed E-state index contributed by atoms with van der Waals surface area (Å²) in [6, 6.07) is 8.32. The summed E-state index contributed by atoms with van der Waals surface area (Å²) in [7, 11) is 1.24. The Morgan fingerprint density at radius 1 is 1.11 bits per heavy atom. The van der Waals surface area contributed by atoms with Gasteiger partial charge in [-0.05, 0) is 50.1 Å². The highest BCUT2D eigenvalue weighted by Gasteiger charge is 2.51. The predicted octanol–water partition coefficient (Wildman–Crippen LogP) is 2.24. The number of likely N-dealkylation sites (tertiary alicyclic amines) is 1. The summed E-state index contributed by atoms with van der Waals surface area (Å²) in [6.07, 6.45) is 2.11. The summed E-state index contributed by atoms with van der Waals surface area (Å²) in [6.45, 7) is 4.66. The van der Waals surface area contributed by atoms with Gasteiger partial charge in [-0.1, -0.05) is 30.3 Å². The second-order valence-electron chi connectivity index (χ2n) is 10.1. The summed E-state index contributed by atoms with van der Waals surface area (Å²) in [5.74, 6) is -0.216. The van der Waals surface area contributed by atoms with Gasteiger partial charge in [0.2, 0.25) is 5.91 Å². The van der Waals surface area contributed by atoms with E-state index in [-0.39, 0.29) is 36.7 Å². The summed E-state index contributed by atoms with van der Waals surface area (Å²) in [5, 5.41) is 10.5. The lowest BCUT2D eigenvalue weighted by atomic mass is 9.90. The van der Waals surface area contributed by atoms with Gasteiger partial charge in [-0.15, -0.1) is 0 Å². The number of ether oxygens (including phenoxy) is 3. The molecule has 3 aliphatic rings. The van der Waals surface area contributed by atoms with Gasteiger partial charge >= 0.3 is 12.2 Å². The smallest absolute Gasteiger partial charge is 0.445 e. The molecule has 1 aromatic carbocycles. The molecule has 2 amide bonds. The van der Waals surface area contributed by atoms with Crippen molar-refractivity contribution in [1.82, 2.24) is 14.7 Å². The van der Waals surface area contributed by atoms with Crippen LogP contribution in [-0.4, -0.2) is 103 Å². The van der Waals surface area contributed by atoms with Crippen LogP contribution in [-0.2, 0) is 25.6 Å². The minimum atomic E-state index is -0.798. The van der Waals surface area contributed by atoms with Gasteiger partial charge < -0.3 is 29.1 Å². The number of methoxy groups -OCH3 is 1. The molecular weight excluding hydrogens is 466 g/mol. The van der Waals surface area contributed by atoms with E-state index in [1.807, 2.05) is 30.3 Å². The fraction of sp³-hybridized carbons (Fsp3) is 0.654. The van der Waals surface area contributed by atoms with Crippen molar-refractivity contribution in [3.8, 4) is 0 Å². The molecule has 2 aliphatic heterocycles. The van der Waals surface area contributed by atoms with Crippen molar-refractivity contribution < 1.29 is 33.7 Å². The van der Waals surface area contributed by atoms with E-state index < -0.39 is 18.3 Å². The standard InChI is InChI=1S/C26H37N3O7/c1-19-23(31)29(15-14-28(19)24(32)35-17-20-6-4-3-5-7-20)21(18-36-25(33)34-2)8-12-27-13-11-26(9-10-26)22(30)16-27/h3-7,19,21-22,30H,8-18H2,1-2H3/t19?,21-,22?/m0/s1. The predicted molar refractivity (Wildman–Crippen MR) is 130 cm³/mol. The largest absolute Gasteiger partial charge is 0.508 e. The zero-order valence-electron chi connectivity index (χ0n) is 21.1. The summed E-state index contributed by atoms with van der Waals surface area (Å²) in [5.41, 5.74) is 1.000. The molecule has 10 nitrogen and oxygen atoms in total. The molecule has 1 spiro atoms. The molecule has 10 heteroatoms. The van der Waals surface area contributed by atoms with Gasteiger partial charge in [0, 0.05) is 26.2 Å². The van der Waals surface area contributed by atoms with Crippen molar-refractivity contribution in [2.75, 3.05) is 46.4 Å². The van der Waals surface area contributed by atoms with Crippen molar-refractivity contribution in [3.63, 3.8) is 0 Å². The van der Waals surface area contributed by atoms with E-state index in [0.29, 0.717) is 32.6 Å². The molecule has 1 N–H and O–H groups in total. The normalized spacial score (nSPS) is 24.4. The number of carbonyl (C=O) groups is 3. The van der Waals surface area contributed by atoms with Gasteiger partial charge in [-0.2, -0.15) is 0 Å². The average Bonchev–Trinajstić information content (AvgIpc) is 3.68. The molecule has 3 fully saturated rings. The van der Waals surface area contributed by atoms with Gasteiger partial charge in [-0.3, -0.25) is 9.69 Å². The van der Waals surface area contributed by atoms with Crippen LogP contribution in [0.4, 0.5) is 9.59 Å². The van der Waals surface area contributed by atoms with Crippen LogP contribution in [0.3, 0.4) is 0 Å². The van der Waals surface area contributed by atoms with E-state index in [4.69, 9.17) is 9.47 Å². The summed E-state index contributed by atoms with van der Waals surface area (Å²) < 4.78 is 15.3. The minimum Gasteiger partial charge on any atom is -0.445 e. The third-order valence-electron chi connectivity index (χ3n) is 7.87. The maximum atomic E-state index is 13.3. The van der Waals surface area contributed by atoms with Gasteiger partial charge in [0.1, 0.15) is 19.3 Å². The molecule has 1 aromatic rings. The van der Waals surface area contributed by atoms with Gasteiger partial charge in [0.25, 0.3) is 0 Å². The first-order valence-electron chi connectivity index (χ1n) is 12.7. The SMILES string of the molecule is COC(=O)OC[C@H](CCN1CCC2(CC2)C(O)C1)N1CCN(C(=O)OCc2ccccc2)C(C)C1=O. The lowest BCUT2D eigenvalue weighted by Gasteiger charge is -2.43. The van der Waals surface area contributed by atoms with E-state index in [1.165, 1.54) is 12.0 Å². The minimum absolute atomic E-state index is 0.00389. The molecule has 3 atom stereocenters. The van der Waals surface area contributed by atoms with Crippen LogP contribution < -0.4 is 0 Å². The van der Waals surface area contributed by atoms with Crippen molar-refractivity contribution in [2.24, 2.45) is 5.41 Å². The van der Waals surface area contributed by atoms with Crippen LogP contribution in [0.5, 0.6) is 0 Å². The number of piperazine rings is 1. The third kappa shape index (κ3) is 6.10. The van der Waals surface area contributed by atoms with Crippen LogP contribution in [0.2, 0.25) is 0 Å². The Labute approximate surface area is 212 Å². The monoisotopic (exact) mass is 503 g/mol. The van der Waals surface area contributed by atoms with E-state index >= 15 is 0 Å². The number of hydrogen-bond acceptors (Lipinski definition) is 8. The highest BCUT2D eigenvalue weighted by Crippen LogP contribution is 2.53. The zero-order valence-corrected chi connectivity index (χ0v) is 21.1. The Balaban J connectivity index is 1.33. The Morgan fingerprint density at radius 2 is 1.86 bits per heavy atom. The van der Waals surface area contributed by atoms with E-state index in [1.54, 1.807) is 11.8 Å². The second-order valence-corrected chi connectivity index (χ2v) is 10.1. The molecule has 4 rings (SSSR count). The lowest BCUT2D eigenvalue weighted by Crippen LogP contribution is -2.61. The number of β-amino-alcohol motifs (C(OH)–C–C–N with tert-alkyl or cyclic N) is 1. The van der Waals surface area contributed by atoms with Crippen molar-refractivity contribution >= 4 is 18.2 Å². The number of carbonyl (C=O) groups excluding carboxylic acids is 3. The van der Waals surface area contributed by atoms with Crippen molar-refractivity contribution in [2.45, 2.75) is 57.4 Å². The quantitative estimate of drug-likeness (QED) is 0.538. The Morgan fingerprint density at radius 3 is 2.53 bits per heavy atom. The highest BCUT2D eigenvalue weighted by atomic mass is 16.7. The summed E-state index contributed by atoms with van der Waals surface area (Å²) >= 11 is 0. The van der Waals surface area contributed by atoms with Crippen LogP contribution in [0.25, 0.3) is 0 Å². The van der Waals surface area contributed by atoms with E-state index in [9.17, 15) is 19.5 Å². The molecule has 1 aliphatic carbocycles. The van der Waals surface area contributed by atoms with E-state index in [0.717, 1.165) is 31.4 Å². The Bertz CT molecular complexity index is 923. The van der Waals surface area contributed by atoms with Crippen molar-refractivity contribution in [3.05, 3.63) is 35.9 Å². The molecule has 198 valence electrons. The molecule has 0 aromatic heterocycles. The van der Waals surface area contributed by atoms with Gasteiger partial charge in [0.05, 0.1) is 19.3 Å². The molecular formula is C26H37N3O7. The molecule has 36 heavy (non-hydrogen) atoms. The van der Waals surface area contributed by atoms with Crippen LogP contribution >= 0.6 is 0 Å². The maximum Gasteiger partial charge on any atom is 0.508 e. The average molecular weight is 504 g/mol. The molecule has 2 unspecified atom stereocenters. The number of hydrogen-bond donors (Lipinski definition) is 1. The molecule has 1 saturated carbocycles. The first-order valence-corrected chi connectivity index (χ1v) is 12.7. The number of nitrogens with zero attached hydrogens (tertiary/aromatic N) is 3. The zero-order chi connectivity index (χ0) is 25.7. The van der Waals surface area contributed by atoms with Gasteiger partial charge in [-0.25, -0.2) is 9.59 Å². The molecule has 0 bridgehead atoms. The summed E-state index contributed by atoms with van der Waals surface area (Å²) in [4.78, 5) is 43.0. The molecule has 2 heterocycles. The lowest BCUT2D eigenvalue weighted by molar-refractivity contribution is -0.144. The topological polar surface area (TPSA) is 109 Å². The number of benzene rings is 1. The molecule has 2 saturated heterocycles. The second kappa shape index (κ2) is 11.5. The first-order chi connectivity index (χ1) is 17.3. The fourth-order valence-electron chi connectivity index (χ4n) is 5.21. The van der Waals surface area contributed by atoms with Crippen LogP contribution in [0.15, 0.2) is 30.3 Å². The van der Waals surface area contributed by atoms with Crippen LogP contribution in [0, 0.1) is 5.41 Å². The van der Waals surface area contributed by atoms with Gasteiger partial charge in [0.15, 0.2) is 0 Å². The number of rotatable bonds is 8.